The van der Waals surface area contributed by atoms with Gasteiger partial charge in [0, 0.05) is 13.0 Å². The summed E-state index contributed by atoms with van der Waals surface area (Å²) in [4.78, 5) is 11.1. The van der Waals surface area contributed by atoms with E-state index in [2.05, 4.69) is 72.0 Å². The molecular weight excluding hydrogens is 282 g/mol. The number of fused-ring (bicyclic) bond motifs is 1. The van der Waals surface area contributed by atoms with Crippen LogP contribution in [0.2, 0.25) is 0 Å². The number of amides is 1. The monoisotopic (exact) mass is 303 g/mol. The van der Waals surface area contributed by atoms with Crippen LogP contribution < -0.4 is 5.32 Å². The predicted molar refractivity (Wildman–Crippen MR) is 96.4 cm³/mol. The molecule has 0 aliphatic carbocycles. The molecule has 3 rings (SSSR count). The number of rotatable bonds is 4. The van der Waals surface area contributed by atoms with Gasteiger partial charge in [0.1, 0.15) is 0 Å². The Kier molecular flexibility index (Phi) is 4.42. The van der Waals surface area contributed by atoms with Crippen LogP contribution in [0.15, 0.2) is 66.7 Å². The first-order valence-electron chi connectivity index (χ1n) is 7.97. The van der Waals surface area contributed by atoms with E-state index in [-0.39, 0.29) is 11.9 Å². The second kappa shape index (κ2) is 6.66. The second-order valence-corrected chi connectivity index (χ2v) is 6.06. The zero-order valence-electron chi connectivity index (χ0n) is 13.5. The first-order chi connectivity index (χ1) is 11.1. The highest BCUT2D eigenvalue weighted by molar-refractivity contribution is 5.87. The molecule has 1 N–H and O–H groups in total. The topological polar surface area (TPSA) is 29.1 Å². The first kappa shape index (κ1) is 15.3. The Morgan fingerprint density at radius 1 is 0.913 bits per heavy atom. The van der Waals surface area contributed by atoms with E-state index in [1.54, 1.807) is 6.92 Å². The highest BCUT2D eigenvalue weighted by atomic mass is 16.1. The number of hydrogen-bond acceptors (Lipinski definition) is 1. The van der Waals surface area contributed by atoms with E-state index in [0.29, 0.717) is 0 Å². The zero-order valence-corrected chi connectivity index (χ0v) is 13.5. The number of carbonyl (C=O) groups is 1. The summed E-state index contributed by atoms with van der Waals surface area (Å²) in [5, 5.41) is 5.44. The molecule has 1 unspecified atom stereocenters. The van der Waals surface area contributed by atoms with Gasteiger partial charge in [-0.2, -0.15) is 0 Å². The average molecular weight is 303 g/mol. The summed E-state index contributed by atoms with van der Waals surface area (Å²) in [7, 11) is 0. The minimum atomic E-state index is 0.0188. The average Bonchev–Trinajstić information content (AvgIpc) is 2.54. The molecule has 2 nitrogen and oxygen atoms in total. The lowest BCUT2D eigenvalue weighted by Crippen LogP contribution is -2.31. The largest absolute Gasteiger partial charge is 0.354 e. The van der Waals surface area contributed by atoms with Crippen LogP contribution in [0, 0.1) is 0 Å². The van der Waals surface area contributed by atoms with Crippen molar-refractivity contribution < 1.29 is 4.79 Å². The van der Waals surface area contributed by atoms with Crippen molar-refractivity contribution in [3.63, 3.8) is 0 Å². The van der Waals surface area contributed by atoms with Gasteiger partial charge in [-0.05, 0) is 46.9 Å². The maximum atomic E-state index is 11.1. The van der Waals surface area contributed by atoms with Crippen molar-refractivity contribution in [1.29, 1.82) is 0 Å². The fourth-order valence-electron chi connectivity index (χ4n) is 2.95. The Bertz CT molecular complexity index is 821. The van der Waals surface area contributed by atoms with Crippen molar-refractivity contribution in [2.45, 2.75) is 26.3 Å². The molecule has 0 aliphatic heterocycles. The van der Waals surface area contributed by atoms with Gasteiger partial charge in [-0.3, -0.25) is 4.79 Å². The van der Waals surface area contributed by atoms with Gasteiger partial charge in [0.25, 0.3) is 0 Å². The van der Waals surface area contributed by atoms with Crippen LogP contribution in [0.4, 0.5) is 0 Å². The lowest BCUT2D eigenvalue weighted by molar-refractivity contribution is -0.119. The molecule has 0 aromatic heterocycles. The Balaban J connectivity index is 1.79. The summed E-state index contributed by atoms with van der Waals surface area (Å²) >= 11 is 0. The van der Waals surface area contributed by atoms with Gasteiger partial charge in [0.05, 0.1) is 0 Å². The molecule has 0 saturated heterocycles. The van der Waals surface area contributed by atoms with Crippen LogP contribution >= 0.6 is 0 Å². The van der Waals surface area contributed by atoms with Crippen LogP contribution in [0.25, 0.3) is 21.9 Å². The Morgan fingerprint density at radius 2 is 1.57 bits per heavy atom. The van der Waals surface area contributed by atoms with Crippen LogP contribution in [0.3, 0.4) is 0 Å². The number of hydrogen-bond donors (Lipinski definition) is 1. The van der Waals surface area contributed by atoms with E-state index in [1.165, 1.54) is 27.5 Å². The Hall–Kier alpha value is -2.61. The lowest BCUT2D eigenvalue weighted by Gasteiger charge is -2.13. The summed E-state index contributed by atoms with van der Waals surface area (Å²) in [5.74, 6) is 0.0188. The molecule has 1 amide bonds. The molecule has 116 valence electrons. The highest BCUT2D eigenvalue weighted by Crippen LogP contribution is 2.24. The molecule has 0 aliphatic rings. The smallest absolute Gasteiger partial charge is 0.217 e. The van der Waals surface area contributed by atoms with E-state index >= 15 is 0 Å². The van der Waals surface area contributed by atoms with E-state index in [4.69, 9.17) is 0 Å². The number of benzene rings is 3. The molecule has 3 aromatic carbocycles. The molecule has 0 fully saturated rings. The van der Waals surface area contributed by atoms with Crippen molar-refractivity contribution in [2.75, 3.05) is 0 Å². The Labute approximate surface area is 137 Å². The number of nitrogens with one attached hydrogen (secondary N) is 1. The van der Waals surface area contributed by atoms with Crippen LogP contribution in [-0.2, 0) is 11.2 Å². The summed E-state index contributed by atoms with van der Waals surface area (Å²) in [6.45, 7) is 3.58. The normalized spacial score (nSPS) is 12.1. The first-order valence-corrected chi connectivity index (χ1v) is 7.97. The third kappa shape index (κ3) is 3.78. The SMILES string of the molecule is CC(=O)NC(C)Cc1ccc(-c2ccc3ccccc3c2)cc1. The maximum absolute atomic E-state index is 11.1. The van der Waals surface area contributed by atoms with Crippen molar-refractivity contribution in [3.05, 3.63) is 72.3 Å². The fraction of sp³-hybridized carbons (Fsp3) is 0.190. The summed E-state index contributed by atoms with van der Waals surface area (Å²) in [6, 6.07) is 23.7. The van der Waals surface area contributed by atoms with Gasteiger partial charge in [-0.1, -0.05) is 60.7 Å². The highest BCUT2D eigenvalue weighted by Gasteiger charge is 2.05. The van der Waals surface area contributed by atoms with Crippen LogP contribution in [0.5, 0.6) is 0 Å². The summed E-state index contributed by atoms with van der Waals surface area (Å²) in [6.07, 6.45) is 0.845. The molecule has 0 heterocycles. The van der Waals surface area contributed by atoms with E-state index in [9.17, 15) is 4.79 Å². The van der Waals surface area contributed by atoms with Gasteiger partial charge in [-0.25, -0.2) is 0 Å². The van der Waals surface area contributed by atoms with Gasteiger partial charge >= 0.3 is 0 Å². The zero-order chi connectivity index (χ0) is 16.2. The van der Waals surface area contributed by atoms with Gasteiger partial charge in [0.15, 0.2) is 0 Å². The standard InChI is InChI=1S/C21H21NO/c1-15(22-16(2)23)13-17-7-9-19(10-8-17)21-12-11-18-5-3-4-6-20(18)14-21/h3-12,14-15H,13H2,1-2H3,(H,22,23). The summed E-state index contributed by atoms with van der Waals surface area (Å²) < 4.78 is 0. The van der Waals surface area contributed by atoms with Crippen LogP contribution in [0.1, 0.15) is 19.4 Å². The number of carbonyl (C=O) groups excluding carboxylic acids is 1. The van der Waals surface area contributed by atoms with E-state index in [0.717, 1.165) is 6.42 Å². The van der Waals surface area contributed by atoms with Crippen molar-refractivity contribution in [1.82, 2.24) is 5.32 Å². The Morgan fingerprint density at radius 3 is 2.26 bits per heavy atom. The molecule has 1 atom stereocenters. The van der Waals surface area contributed by atoms with Crippen molar-refractivity contribution in [3.8, 4) is 11.1 Å². The second-order valence-electron chi connectivity index (χ2n) is 6.06. The summed E-state index contributed by atoms with van der Waals surface area (Å²) in [5.41, 5.74) is 3.67. The molecule has 0 saturated carbocycles. The maximum Gasteiger partial charge on any atom is 0.217 e. The molecule has 0 spiro atoms. The third-order valence-electron chi connectivity index (χ3n) is 4.03. The van der Waals surface area contributed by atoms with Gasteiger partial charge in [0.2, 0.25) is 5.91 Å². The lowest BCUT2D eigenvalue weighted by atomic mass is 9.99. The van der Waals surface area contributed by atoms with Gasteiger partial charge < -0.3 is 5.32 Å². The molecule has 3 aromatic rings. The van der Waals surface area contributed by atoms with Crippen molar-refractivity contribution >= 4 is 16.7 Å². The van der Waals surface area contributed by atoms with E-state index in [1.807, 2.05) is 6.92 Å². The third-order valence-corrected chi connectivity index (χ3v) is 4.03. The molecule has 23 heavy (non-hydrogen) atoms. The molecule has 0 radical (unpaired) electrons. The quantitative estimate of drug-likeness (QED) is 0.751. The van der Waals surface area contributed by atoms with Gasteiger partial charge in [-0.15, -0.1) is 0 Å². The molecular formula is C21H21NO. The van der Waals surface area contributed by atoms with E-state index < -0.39 is 0 Å². The molecule has 2 heteroatoms. The van der Waals surface area contributed by atoms with Crippen LogP contribution in [-0.4, -0.2) is 11.9 Å². The fourth-order valence-corrected chi connectivity index (χ4v) is 2.95. The minimum absolute atomic E-state index is 0.0188. The predicted octanol–water partition coefficient (Wildman–Crippen LogP) is 4.57. The minimum Gasteiger partial charge on any atom is -0.354 e. The van der Waals surface area contributed by atoms with Crippen molar-refractivity contribution in [2.24, 2.45) is 0 Å². The molecule has 0 bridgehead atoms.